The van der Waals surface area contributed by atoms with Gasteiger partial charge < -0.3 is 39.4 Å². The van der Waals surface area contributed by atoms with Crippen molar-refractivity contribution >= 4 is 17.9 Å². The number of rotatable bonds is 37. The summed E-state index contributed by atoms with van der Waals surface area (Å²) in [6, 6.07) is 0. The van der Waals surface area contributed by atoms with E-state index in [1.807, 2.05) is 0 Å². The standard InChI is InChI=1S/C51H80O11/c1-3-5-7-9-11-13-15-17-19-21-22-24-25-27-29-31-33-35-37-39-44(52)59-41-43(42-60-51-48(56)46(54)47(55)49(62-51)50(57)58)61-45(53)40-38-36-34-32-30-28-26-23-20-18-16-14-12-10-8-6-4-2/h5-8,11-14,17-20,22,24,27,29,43,46-49,51,54-56H,3-4,9-10,15-16,21,23,25-26,28,30-42H2,1-2H3,(H,57,58)/b7-5-,8-6-,13-11-,14-12-,19-17-,20-18-,24-22-,29-27-. The van der Waals surface area contributed by atoms with Gasteiger partial charge in [-0.3, -0.25) is 9.59 Å². The zero-order valence-corrected chi connectivity index (χ0v) is 37.8. The molecule has 1 heterocycles. The minimum atomic E-state index is -1.87. The summed E-state index contributed by atoms with van der Waals surface area (Å²) in [5, 5.41) is 39.9. The van der Waals surface area contributed by atoms with Gasteiger partial charge in [-0.25, -0.2) is 4.79 Å². The number of aliphatic hydroxyl groups is 3. The Hall–Kier alpha value is -3.87. The van der Waals surface area contributed by atoms with Crippen molar-refractivity contribution in [3.63, 3.8) is 0 Å². The third kappa shape index (κ3) is 31.0. The normalized spacial score (nSPS) is 20.4. The van der Waals surface area contributed by atoms with Gasteiger partial charge in [0.25, 0.3) is 0 Å². The van der Waals surface area contributed by atoms with Crippen molar-refractivity contribution in [1.29, 1.82) is 0 Å². The van der Waals surface area contributed by atoms with Crippen molar-refractivity contribution in [2.75, 3.05) is 13.2 Å². The van der Waals surface area contributed by atoms with Crippen LogP contribution in [0.2, 0.25) is 0 Å². The summed E-state index contributed by atoms with van der Waals surface area (Å²) in [6.45, 7) is 3.54. The van der Waals surface area contributed by atoms with E-state index >= 15 is 0 Å². The lowest BCUT2D eigenvalue weighted by Crippen LogP contribution is -2.60. The fraction of sp³-hybridized carbons (Fsp3) is 0.627. The summed E-state index contributed by atoms with van der Waals surface area (Å²) >= 11 is 0. The third-order valence-electron chi connectivity index (χ3n) is 9.93. The second-order valence-corrected chi connectivity index (χ2v) is 15.5. The molecule has 1 aliphatic rings. The molecule has 0 aromatic heterocycles. The summed E-state index contributed by atoms with van der Waals surface area (Å²) in [6.07, 6.45) is 44.5. The SMILES string of the molecule is CC/C=C\C/C=C\C/C=C\C/C=C\C/C=C\CCCCCC(=O)OCC(COC1OC(C(=O)O)C(O)C(O)C1O)OC(=O)CCCCCCCCC/C=C\C/C=C\C/C=C\CC. The van der Waals surface area contributed by atoms with Crippen molar-refractivity contribution in [3.05, 3.63) is 97.2 Å². The van der Waals surface area contributed by atoms with Crippen LogP contribution in [-0.2, 0) is 33.3 Å². The van der Waals surface area contributed by atoms with Gasteiger partial charge in [-0.05, 0) is 89.9 Å². The van der Waals surface area contributed by atoms with Gasteiger partial charge in [-0.15, -0.1) is 0 Å². The lowest BCUT2D eigenvalue weighted by molar-refractivity contribution is -0.298. The number of ether oxygens (including phenoxy) is 4. The molecule has 62 heavy (non-hydrogen) atoms. The molecule has 1 saturated heterocycles. The molecule has 0 bridgehead atoms. The van der Waals surface area contributed by atoms with E-state index < -0.39 is 61.3 Å². The van der Waals surface area contributed by atoms with Gasteiger partial charge >= 0.3 is 17.9 Å². The van der Waals surface area contributed by atoms with E-state index in [0.717, 1.165) is 116 Å². The Balaban J connectivity index is 2.39. The molecule has 350 valence electrons. The molecule has 4 N–H and O–H groups in total. The van der Waals surface area contributed by atoms with Crippen LogP contribution >= 0.6 is 0 Å². The number of hydrogen-bond acceptors (Lipinski definition) is 10. The maximum Gasteiger partial charge on any atom is 0.335 e. The van der Waals surface area contributed by atoms with Crippen molar-refractivity contribution in [2.24, 2.45) is 0 Å². The van der Waals surface area contributed by atoms with Gasteiger partial charge in [0, 0.05) is 12.8 Å². The minimum absolute atomic E-state index is 0.158. The number of unbranched alkanes of at least 4 members (excludes halogenated alkanes) is 10. The van der Waals surface area contributed by atoms with Crippen LogP contribution in [0.3, 0.4) is 0 Å². The Bertz CT molecular complexity index is 1390. The highest BCUT2D eigenvalue weighted by atomic mass is 16.7. The lowest BCUT2D eigenvalue weighted by Gasteiger charge is -2.38. The van der Waals surface area contributed by atoms with Crippen LogP contribution in [0.15, 0.2) is 97.2 Å². The van der Waals surface area contributed by atoms with E-state index in [2.05, 4.69) is 111 Å². The monoisotopic (exact) mass is 869 g/mol. The number of carboxylic acids is 1. The maximum absolute atomic E-state index is 12.8. The first kappa shape index (κ1) is 56.1. The molecular weight excluding hydrogens is 789 g/mol. The molecule has 0 aromatic carbocycles. The molecule has 0 amide bonds. The summed E-state index contributed by atoms with van der Waals surface area (Å²) in [4.78, 5) is 36.9. The van der Waals surface area contributed by atoms with Crippen LogP contribution in [-0.4, -0.2) is 88.4 Å². The molecular formula is C51H80O11. The molecule has 0 spiro atoms. The Morgan fingerprint density at radius 1 is 0.500 bits per heavy atom. The first-order valence-corrected chi connectivity index (χ1v) is 23.3. The smallest absolute Gasteiger partial charge is 0.335 e. The first-order chi connectivity index (χ1) is 30.2. The summed E-state index contributed by atoms with van der Waals surface area (Å²) in [5.74, 6) is -2.51. The fourth-order valence-corrected chi connectivity index (χ4v) is 6.33. The van der Waals surface area contributed by atoms with E-state index in [0.29, 0.717) is 12.8 Å². The number of esters is 2. The zero-order chi connectivity index (χ0) is 45.3. The van der Waals surface area contributed by atoms with Gasteiger partial charge in [-0.2, -0.15) is 0 Å². The topological polar surface area (TPSA) is 169 Å². The van der Waals surface area contributed by atoms with Crippen LogP contribution in [0.5, 0.6) is 0 Å². The number of hydrogen-bond donors (Lipinski definition) is 4. The zero-order valence-electron chi connectivity index (χ0n) is 37.8. The quantitative estimate of drug-likeness (QED) is 0.0266. The van der Waals surface area contributed by atoms with E-state index in [1.54, 1.807) is 0 Å². The van der Waals surface area contributed by atoms with Crippen LogP contribution in [0.25, 0.3) is 0 Å². The predicted octanol–water partition coefficient (Wildman–Crippen LogP) is 10.4. The summed E-state index contributed by atoms with van der Waals surface area (Å²) < 4.78 is 21.7. The lowest BCUT2D eigenvalue weighted by atomic mass is 9.99. The Kier molecular flexibility index (Phi) is 36.2. The molecule has 1 fully saturated rings. The number of aliphatic carboxylic acids is 1. The number of allylic oxidation sites excluding steroid dienone is 16. The van der Waals surface area contributed by atoms with Crippen LogP contribution < -0.4 is 0 Å². The minimum Gasteiger partial charge on any atom is -0.479 e. The van der Waals surface area contributed by atoms with E-state index in [-0.39, 0.29) is 19.4 Å². The second kappa shape index (κ2) is 39.9. The highest BCUT2D eigenvalue weighted by molar-refractivity contribution is 5.73. The Labute approximate surface area is 373 Å². The summed E-state index contributed by atoms with van der Waals surface area (Å²) in [7, 11) is 0. The molecule has 1 rings (SSSR count). The third-order valence-corrected chi connectivity index (χ3v) is 9.93. The van der Waals surface area contributed by atoms with E-state index in [4.69, 9.17) is 18.9 Å². The van der Waals surface area contributed by atoms with Crippen LogP contribution in [0.1, 0.15) is 155 Å². The highest BCUT2D eigenvalue weighted by Gasteiger charge is 2.47. The molecule has 1 aliphatic heterocycles. The molecule has 0 aromatic rings. The van der Waals surface area contributed by atoms with Gasteiger partial charge in [0.15, 0.2) is 18.5 Å². The number of carbonyl (C=O) groups excluding carboxylic acids is 2. The van der Waals surface area contributed by atoms with Crippen molar-refractivity contribution in [2.45, 2.75) is 192 Å². The van der Waals surface area contributed by atoms with Gasteiger partial charge in [0.1, 0.15) is 24.9 Å². The highest BCUT2D eigenvalue weighted by Crippen LogP contribution is 2.23. The molecule has 6 unspecified atom stereocenters. The molecule has 0 aliphatic carbocycles. The molecule has 0 radical (unpaired) electrons. The molecule has 0 saturated carbocycles. The van der Waals surface area contributed by atoms with E-state index in [9.17, 15) is 34.8 Å². The maximum atomic E-state index is 12.8. The van der Waals surface area contributed by atoms with Crippen LogP contribution in [0.4, 0.5) is 0 Å². The summed E-state index contributed by atoms with van der Waals surface area (Å²) in [5.41, 5.74) is 0. The average molecular weight is 869 g/mol. The van der Waals surface area contributed by atoms with E-state index in [1.165, 1.54) is 0 Å². The number of aliphatic hydroxyl groups excluding tert-OH is 3. The van der Waals surface area contributed by atoms with Crippen molar-refractivity contribution in [3.8, 4) is 0 Å². The van der Waals surface area contributed by atoms with Gasteiger partial charge in [0.05, 0.1) is 6.61 Å². The number of carbonyl (C=O) groups is 3. The molecule has 6 atom stereocenters. The second-order valence-electron chi connectivity index (χ2n) is 15.5. The van der Waals surface area contributed by atoms with Gasteiger partial charge in [-0.1, -0.05) is 150 Å². The molecule has 11 heteroatoms. The van der Waals surface area contributed by atoms with Gasteiger partial charge in [0.2, 0.25) is 0 Å². The number of carboxylic acid groups (broad SMARTS) is 1. The molecule has 11 nitrogen and oxygen atoms in total. The fourth-order valence-electron chi connectivity index (χ4n) is 6.33. The first-order valence-electron chi connectivity index (χ1n) is 23.3. The average Bonchev–Trinajstić information content (AvgIpc) is 3.26. The van der Waals surface area contributed by atoms with Crippen molar-refractivity contribution < 1.29 is 53.8 Å². The van der Waals surface area contributed by atoms with Crippen molar-refractivity contribution in [1.82, 2.24) is 0 Å². The Morgan fingerprint density at radius 2 is 0.903 bits per heavy atom. The predicted molar refractivity (Wildman–Crippen MR) is 247 cm³/mol. The van der Waals surface area contributed by atoms with Crippen LogP contribution in [0, 0.1) is 0 Å². The Morgan fingerprint density at radius 3 is 1.37 bits per heavy atom. The largest absolute Gasteiger partial charge is 0.479 e.